The molecule has 0 nitrogen and oxygen atoms in total. The fraction of sp³-hybridized carbons (Fsp3) is 0.333. The summed E-state index contributed by atoms with van der Waals surface area (Å²) in [6.45, 7) is 10.6. The minimum absolute atomic E-state index is 1.12. The molecule has 0 heteroatoms. The van der Waals surface area contributed by atoms with Gasteiger partial charge in [-0.3, -0.25) is 0 Å². The van der Waals surface area contributed by atoms with Crippen molar-refractivity contribution in [3.05, 3.63) is 70.4 Å². The Balaban J connectivity index is 2.12. The Kier molecular flexibility index (Phi) is 3.86. The van der Waals surface area contributed by atoms with Crippen molar-refractivity contribution in [2.75, 3.05) is 0 Å². The van der Waals surface area contributed by atoms with Gasteiger partial charge in [-0.2, -0.15) is 0 Å². The second kappa shape index (κ2) is 5.39. The fourth-order valence-corrected chi connectivity index (χ4v) is 2.52. The quantitative estimate of drug-likeness (QED) is 0.575. The van der Waals surface area contributed by atoms with Crippen LogP contribution < -0.4 is 0 Å². The molecule has 0 radical (unpaired) electrons. The summed E-state index contributed by atoms with van der Waals surface area (Å²) >= 11 is 0. The number of hydrogen-bond acceptors (Lipinski definition) is 0. The van der Waals surface area contributed by atoms with Crippen molar-refractivity contribution in [3.63, 3.8) is 0 Å². The van der Waals surface area contributed by atoms with Crippen molar-refractivity contribution in [1.29, 1.82) is 0 Å². The van der Waals surface area contributed by atoms with Crippen LogP contribution in [0.1, 0.15) is 40.0 Å². The molecule has 0 atom stereocenters. The van der Waals surface area contributed by atoms with Crippen LogP contribution in [-0.4, -0.2) is 0 Å². The van der Waals surface area contributed by atoms with E-state index in [1.165, 1.54) is 27.9 Å². The normalized spacial score (nSPS) is 24.1. The molecule has 0 bridgehead atoms. The van der Waals surface area contributed by atoms with Gasteiger partial charge in [0, 0.05) is 0 Å². The van der Waals surface area contributed by atoms with Crippen LogP contribution >= 0.6 is 0 Å². The van der Waals surface area contributed by atoms with Crippen molar-refractivity contribution in [3.8, 4) is 0 Å². The molecule has 1 saturated carbocycles. The van der Waals surface area contributed by atoms with Crippen molar-refractivity contribution in [2.24, 2.45) is 0 Å². The molecule has 1 fully saturated rings. The second-order valence-electron chi connectivity index (χ2n) is 5.17. The molecular weight excluding hydrogens is 216 g/mol. The Morgan fingerprint density at radius 3 is 2.72 bits per heavy atom. The lowest BCUT2D eigenvalue weighted by Crippen LogP contribution is -1.94. The molecule has 0 aromatic carbocycles. The highest BCUT2D eigenvalue weighted by atomic mass is 14.2. The van der Waals surface area contributed by atoms with E-state index in [4.69, 9.17) is 0 Å². The third-order valence-electron chi connectivity index (χ3n) is 3.66. The van der Waals surface area contributed by atoms with Crippen LogP contribution in [0.5, 0.6) is 0 Å². The lowest BCUT2D eigenvalue weighted by molar-refractivity contribution is 0.946. The lowest BCUT2D eigenvalue weighted by atomic mass is 9.92. The zero-order chi connectivity index (χ0) is 13.1. The van der Waals surface area contributed by atoms with Crippen LogP contribution in [0.3, 0.4) is 0 Å². The topological polar surface area (TPSA) is 0 Å². The molecule has 2 aliphatic rings. The van der Waals surface area contributed by atoms with Gasteiger partial charge in [-0.25, -0.2) is 0 Å². The summed E-state index contributed by atoms with van der Waals surface area (Å²) in [7, 11) is 0. The maximum atomic E-state index is 4.14. The number of hydrogen-bond donors (Lipinski definition) is 0. The fourth-order valence-electron chi connectivity index (χ4n) is 2.52. The van der Waals surface area contributed by atoms with Crippen molar-refractivity contribution < 1.29 is 0 Å². The Bertz CT molecular complexity index is 516. The molecule has 0 aromatic rings. The van der Waals surface area contributed by atoms with Gasteiger partial charge in [0.05, 0.1) is 0 Å². The molecule has 0 saturated heterocycles. The van der Waals surface area contributed by atoms with E-state index in [1.807, 2.05) is 0 Å². The Morgan fingerprint density at radius 2 is 2.11 bits per heavy atom. The van der Waals surface area contributed by atoms with Crippen molar-refractivity contribution in [1.82, 2.24) is 0 Å². The van der Waals surface area contributed by atoms with E-state index < -0.39 is 0 Å². The van der Waals surface area contributed by atoms with Gasteiger partial charge >= 0.3 is 0 Å². The van der Waals surface area contributed by atoms with Crippen LogP contribution in [0.2, 0.25) is 0 Å². The SMILES string of the molecule is C=C(/C=C(/C)C1=C(C)C=CCC1)/C=C1/C/C1=C/C. The first kappa shape index (κ1) is 12.9. The molecule has 2 aliphatic carbocycles. The summed E-state index contributed by atoms with van der Waals surface area (Å²) in [6.07, 6.45) is 14.6. The van der Waals surface area contributed by atoms with Crippen LogP contribution in [0, 0.1) is 0 Å². The third-order valence-corrected chi connectivity index (χ3v) is 3.66. The van der Waals surface area contributed by atoms with Gasteiger partial charge in [-0.15, -0.1) is 0 Å². The Labute approximate surface area is 111 Å². The van der Waals surface area contributed by atoms with Gasteiger partial charge in [0.25, 0.3) is 0 Å². The van der Waals surface area contributed by atoms with Gasteiger partial charge in [0.15, 0.2) is 0 Å². The van der Waals surface area contributed by atoms with E-state index in [-0.39, 0.29) is 0 Å². The maximum Gasteiger partial charge on any atom is -0.00232 e. The summed E-state index contributed by atoms with van der Waals surface area (Å²) in [4.78, 5) is 0. The minimum Gasteiger partial charge on any atom is -0.0917 e. The standard InChI is InChI=1S/C18H22/c1-5-16-12-17(16)11-13(2)10-15(4)18-9-7-6-8-14(18)3/h5-6,8,10-11H,2,7,9,12H2,1,3-4H3/b15-10-,16-5-,17-11-. The van der Waals surface area contributed by atoms with E-state index in [1.54, 1.807) is 0 Å². The van der Waals surface area contributed by atoms with Gasteiger partial charge < -0.3 is 0 Å². The maximum absolute atomic E-state index is 4.14. The molecule has 2 rings (SSSR count). The highest BCUT2D eigenvalue weighted by molar-refractivity contribution is 5.55. The molecule has 94 valence electrons. The summed E-state index contributed by atoms with van der Waals surface area (Å²) in [6, 6.07) is 0. The van der Waals surface area contributed by atoms with Crippen LogP contribution in [0.25, 0.3) is 0 Å². The summed E-state index contributed by atoms with van der Waals surface area (Å²) in [5, 5.41) is 0. The van der Waals surface area contributed by atoms with Gasteiger partial charge in [0.1, 0.15) is 0 Å². The largest absolute Gasteiger partial charge is 0.0917 e. The van der Waals surface area contributed by atoms with E-state index in [0.717, 1.165) is 24.8 Å². The van der Waals surface area contributed by atoms with Crippen LogP contribution in [0.4, 0.5) is 0 Å². The molecule has 0 aliphatic heterocycles. The average Bonchev–Trinajstić information content (AvgIpc) is 3.07. The molecule has 0 unspecified atom stereocenters. The summed E-state index contributed by atoms with van der Waals surface area (Å²) < 4.78 is 0. The molecule has 18 heavy (non-hydrogen) atoms. The number of allylic oxidation sites excluding steroid dienone is 11. The highest BCUT2D eigenvalue weighted by Crippen LogP contribution is 2.37. The molecule has 0 heterocycles. The predicted octanol–water partition coefficient (Wildman–Crippen LogP) is 5.43. The van der Waals surface area contributed by atoms with E-state index in [2.05, 4.69) is 57.7 Å². The first-order valence-corrected chi connectivity index (χ1v) is 6.72. The molecule has 0 aromatic heterocycles. The molecule has 0 amide bonds. The summed E-state index contributed by atoms with van der Waals surface area (Å²) in [5.74, 6) is 0. The van der Waals surface area contributed by atoms with Gasteiger partial charge in [0.2, 0.25) is 0 Å². The first-order valence-electron chi connectivity index (χ1n) is 6.72. The molecular formula is C18H22. The second-order valence-corrected chi connectivity index (χ2v) is 5.17. The van der Waals surface area contributed by atoms with Crippen LogP contribution in [0.15, 0.2) is 70.4 Å². The molecule has 0 N–H and O–H groups in total. The van der Waals surface area contributed by atoms with E-state index >= 15 is 0 Å². The average molecular weight is 238 g/mol. The van der Waals surface area contributed by atoms with Gasteiger partial charge in [-0.05, 0) is 73.5 Å². The lowest BCUT2D eigenvalue weighted by Gasteiger charge is -2.14. The van der Waals surface area contributed by atoms with Crippen molar-refractivity contribution in [2.45, 2.75) is 40.0 Å². The zero-order valence-corrected chi connectivity index (χ0v) is 11.7. The predicted molar refractivity (Wildman–Crippen MR) is 80.4 cm³/mol. The highest BCUT2D eigenvalue weighted by Gasteiger charge is 2.18. The van der Waals surface area contributed by atoms with Gasteiger partial charge in [-0.1, -0.05) is 37.0 Å². The smallest absolute Gasteiger partial charge is 0.00232 e. The van der Waals surface area contributed by atoms with E-state index in [0.29, 0.717) is 0 Å². The monoisotopic (exact) mass is 238 g/mol. The first-order chi connectivity index (χ1) is 8.61. The summed E-state index contributed by atoms with van der Waals surface area (Å²) in [5.41, 5.74) is 8.28. The van der Waals surface area contributed by atoms with Crippen molar-refractivity contribution >= 4 is 0 Å². The zero-order valence-electron chi connectivity index (χ0n) is 11.7. The Hall–Kier alpha value is -1.56. The minimum atomic E-state index is 1.12. The number of rotatable bonds is 3. The molecule has 0 spiro atoms. The van der Waals surface area contributed by atoms with Crippen LogP contribution in [-0.2, 0) is 0 Å². The third kappa shape index (κ3) is 3.01. The Morgan fingerprint density at radius 1 is 1.33 bits per heavy atom. The van der Waals surface area contributed by atoms with E-state index in [9.17, 15) is 0 Å².